The molecule has 3 heterocycles. The molecule has 25 heavy (non-hydrogen) atoms. The van der Waals surface area contributed by atoms with Crippen molar-refractivity contribution in [2.24, 2.45) is 11.8 Å². The molecule has 2 fully saturated rings. The third kappa shape index (κ3) is 5.01. The Labute approximate surface area is 149 Å². The quantitative estimate of drug-likeness (QED) is 0.848. The van der Waals surface area contributed by atoms with Crippen LogP contribution in [0.4, 0.5) is 0 Å². The summed E-state index contributed by atoms with van der Waals surface area (Å²) in [5, 5.41) is 6.49. The monoisotopic (exact) mass is 344 g/mol. The van der Waals surface area contributed by atoms with Gasteiger partial charge in [-0.2, -0.15) is 0 Å². The first-order valence-corrected chi connectivity index (χ1v) is 9.42. The lowest BCUT2D eigenvalue weighted by Gasteiger charge is -2.32. The zero-order chi connectivity index (χ0) is 17.5. The third-order valence-corrected chi connectivity index (χ3v) is 5.26. The zero-order valence-corrected chi connectivity index (χ0v) is 14.7. The van der Waals surface area contributed by atoms with Crippen molar-refractivity contribution in [3.63, 3.8) is 0 Å². The van der Waals surface area contributed by atoms with E-state index in [0.717, 1.165) is 45.4 Å². The lowest BCUT2D eigenvalue weighted by molar-refractivity contribution is -0.126. The van der Waals surface area contributed by atoms with Crippen molar-refractivity contribution >= 4 is 11.8 Å². The maximum absolute atomic E-state index is 12.5. The number of carbonyl (C=O) groups excluding carboxylic acids is 2. The lowest BCUT2D eigenvalue weighted by atomic mass is 9.95. The molecule has 0 bridgehead atoms. The Hall–Kier alpha value is -1.95. The van der Waals surface area contributed by atoms with E-state index in [0.29, 0.717) is 18.0 Å². The van der Waals surface area contributed by atoms with Crippen LogP contribution in [0.3, 0.4) is 0 Å². The molecule has 2 saturated heterocycles. The van der Waals surface area contributed by atoms with Crippen molar-refractivity contribution in [1.29, 1.82) is 0 Å². The molecule has 6 nitrogen and oxygen atoms in total. The van der Waals surface area contributed by atoms with Gasteiger partial charge in [0.15, 0.2) is 0 Å². The second-order valence-corrected chi connectivity index (χ2v) is 7.12. The van der Waals surface area contributed by atoms with Crippen LogP contribution >= 0.6 is 0 Å². The van der Waals surface area contributed by atoms with Gasteiger partial charge in [0, 0.05) is 37.6 Å². The van der Waals surface area contributed by atoms with Crippen LogP contribution in [0.1, 0.15) is 42.5 Å². The zero-order valence-electron chi connectivity index (χ0n) is 14.7. The molecule has 0 aliphatic carbocycles. The van der Waals surface area contributed by atoms with E-state index in [1.807, 2.05) is 0 Å². The summed E-state index contributed by atoms with van der Waals surface area (Å²) in [7, 11) is 0. The molecule has 0 aromatic carbocycles. The molecular formula is C19H28N4O2. The predicted molar refractivity (Wildman–Crippen MR) is 96.1 cm³/mol. The van der Waals surface area contributed by atoms with Gasteiger partial charge in [-0.25, -0.2) is 0 Å². The minimum absolute atomic E-state index is 0.00631. The maximum Gasteiger partial charge on any atom is 0.253 e. The minimum Gasteiger partial charge on any atom is -0.356 e. The van der Waals surface area contributed by atoms with Crippen molar-refractivity contribution in [2.45, 2.75) is 32.1 Å². The third-order valence-electron chi connectivity index (χ3n) is 5.26. The maximum atomic E-state index is 12.5. The van der Waals surface area contributed by atoms with E-state index in [1.165, 1.54) is 12.8 Å². The molecule has 2 unspecified atom stereocenters. The number of pyridine rings is 1. The molecule has 1 aromatic heterocycles. The molecular weight excluding hydrogens is 316 g/mol. The first kappa shape index (κ1) is 17.9. The van der Waals surface area contributed by atoms with E-state index in [1.54, 1.807) is 29.4 Å². The molecule has 2 aliphatic heterocycles. The molecule has 6 heteroatoms. The van der Waals surface area contributed by atoms with Crippen LogP contribution in [-0.4, -0.2) is 54.4 Å². The van der Waals surface area contributed by atoms with E-state index in [2.05, 4.69) is 15.6 Å². The average molecular weight is 344 g/mol. The standard InChI is InChI=1S/C19H28N4O2/c24-18(22-11-5-15-3-1-8-21-13-15)17-4-2-12-23(14-17)19(25)16-6-9-20-10-7-16/h6-7,9-10,15,17,21H,1-5,8,11-14H2,(H,22,24). The van der Waals surface area contributed by atoms with Gasteiger partial charge in [0.2, 0.25) is 5.91 Å². The minimum atomic E-state index is -0.0935. The van der Waals surface area contributed by atoms with Crippen LogP contribution in [0.25, 0.3) is 0 Å². The predicted octanol–water partition coefficient (Wildman–Crippen LogP) is 1.44. The Morgan fingerprint density at radius 3 is 2.84 bits per heavy atom. The normalized spacial score (nSPS) is 23.9. The van der Waals surface area contributed by atoms with Gasteiger partial charge >= 0.3 is 0 Å². The van der Waals surface area contributed by atoms with Crippen LogP contribution in [0, 0.1) is 11.8 Å². The molecule has 1 aromatic rings. The van der Waals surface area contributed by atoms with Gasteiger partial charge in [-0.15, -0.1) is 0 Å². The SMILES string of the molecule is O=C(NCCC1CCCNC1)C1CCCN(C(=O)c2ccncc2)C1. The van der Waals surface area contributed by atoms with Gasteiger partial charge in [0.1, 0.15) is 0 Å². The summed E-state index contributed by atoms with van der Waals surface area (Å²) in [6, 6.07) is 3.45. The molecule has 3 rings (SSSR count). The number of carbonyl (C=O) groups is 2. The summed E-state index contributed by atoms with van der Waals surface area (Å²) in [5.74, 6) is 0.665. The van der Waals surface area contributed by atoms with Crippen LogP contribution in [0.15, 0.2) is 24.5 Å². The number of nitrogens with one attached hydrogen (secondary N) is 2. The topological polar surface area (TPSA) is 74.3 Å². The van der Waals surface area contributed by atoms with Gasteiger partial charge in [0.25, 0.3) is 5.91 Å². The molecule has 2 amide bonds. The molecule has 2 N–H and O–H groups in total. The fourth-order valence-corrected chi connectivity index (χ4v) is 3.77. The highest BCUT2D eigenvalue weighted by molar-refractivity contribution is 5.94. The summed E-state index contributed by atoms with van der Waals surface area (Å²) in [5.41, 5.74) is 0.640. The van der Waals surface area contributed by atoms with E-state index < -0.39 is 0 Å². The number of hydrogen-bond acceptors (Lipinski definition) is 4. The molecule has 136 valence electrons. The highest BCUT2D eigenvalue weighted by atomic mass is 16.2. The number of likely N-dealkylation sites (tertiary alicyclic amines) is 1. The van der Waals surface area contributed by atoms with Gasteiger partial charge in [0.05, 0.1) is 5.92 Å². The Morgan fingerprint density at radius 1 is 1.24 bits per heavy atom. The molecule has 0 radical (unpaired) electrons. The van der Waals surface area contributed by atoms with E-state index in [-0.39, 0.29) is 17.7 Å². The number of hydrogen-bond donors (Lipinski definition) is 2. The lowest BCUT2D eigenvalue weighted by Crippen LogP contribution is -2.45. The first-order valence-electron chi connectivity index (χ1n) is 9.42. The fourth-order valence-electron chi connectivity index (χ4n) is 3.77. The smallest absolute Gasteiger partial charge is 0.253 e. The first-order chi connectivity index (χ1) is 12.2. The largest absolute Gasteiger partial charge is 0.356 e. The Morgan fingerprint density at radius 2 is 2.08 bits per heavy atom. The number of rotatable bonds is 5. The Balaban J connectivity index is 1.45. The Kier molecular flexibility index (Phi) is 6.39. The van der Waals surface area contributed by atoms with E-state index in [9.17, 15) is 9.59 Å². The summed E-state index contributed by atoms with van der Waals surface area (Å²) in [6.45, 7) is 4.15. The summed E-state index contributed by atoms with van der Waals surface area (Å²) < 4.78 is 0. The van der Waals surface area contributed by atoms with E-state index >= 15 is 0 Å². The van der Waals surface area contributed by atoms with Gasteiger partial charge < -0.3 is 15.5 Å². The summed E-state index contributed by atoms with van der Waals surface area (Å²) in [6.07, 6.45) is 8.50. The number of amides is 2. The second-order valence-electron chi connectivity index (χ2n) is 7.12. The number of nitrogens with zero attached hydrogens (tertiary/aromatic N) is 2. The highest BCUT2D eigenvalue weighted by Crippen LogP contribution is 2.19. The summed E-state index contributed by atoms with van der Waals surface area (Å²) >= 11 is 0. The molecule has 0 spiro atoms. The van der Waals surface area contributed by atoms with Gasteiger partial charge in [-0.3, -0.25) is 14.6 Å². The number of piperidine rings is 2. The van der Waals surface area contributed by atoms with Gasteiger partial charge in [-0.05, 0) is 63.2 Å². The second kappa shape index (κ2) is 8.94. The number of aromatic nitrogens is 1. The van der Waals surface area contributed by atoms with Crippen LogP contribution in [0.5, 0.6) is 0 Å². The fraction of sp³-hybridized carbons (Fsp3) is 0.632. The summed E-state index contributed by atoms with van der Waals surface area (Å²) in [4.78, 5) is 30.8. The van der Waals surface area contributed by atoms with Crippen LogP contribution < -0.4 is 10.6 Å². The van der Waals surface area contributed by atoms with Crippen molar-refractivity contribution in [3.8, 4) is 0 Å². The molecule has 0 saturated carbocycles. The van der Waals surface area contributed by atoms with Crippen molar-refractivity contribution in [1.82, 2.24) is 20.5 Å². The molecule has 2 aliphatic rings. The van der Waals surface area contributed by atoms with Crippen LogP contribution in [-0.2, 0) is 4.79 Å². The van der Waals surface area contributed by atoms with Crippen molar-refractivity contribution < 1.29 is 9.59 Å². The molecule has 2 atom stereocenters. The van der Waals surface area contributed by atoms with Gasteiger partial charge in [-0.1, -0.05) is 0 Å². The highest BCUT2D eigenvalue weighted by Gasteiger charge is 2.28. The average Bonchev–Trinajstić information content (AvgIpc) is 2.69. The Bertz CT molecular complexity index is 572. The van der Waals surface area contributed by atoms with Crippen molar-refractivity contribution in [3.05, 3.63) is 30.1 Å². The van der Waals surface area contributed by atoms with E-state index in [4.69, 9.17) is 0 Å². The van der Waals surface area contributed by atoms with Crippen molar-refractivity contribution in [2.75, 3.05) is 32.7 Å². The van der Waals surface area contributed by atoms with Crippen LogP contribution in [0.2, 0.25) is 0 Å².